The fraction of sp³-hybridized carbons (Fsp3) is 0.414. The molecule has 198 valence electrons. The van der Waals surface area contributed by atoms with E-state index in [1.807, 2.05) is 30.3 Å². The summed E-state index contributed by atoms with van der Waals surface area (Å²) in [7, 11) is 1.35. The number of ether oxygens (including phenoxy) is 2. The molecule has 9 heteroatoms. The fourth-order valence-corrected chi connectivity index (χ4v) is 6.09. The molecular formula is C29H32N4O5. The number of methoxy groups -OCH3 is 1. The Morgan fingerprint density at radius 2 is 1.82 bits per heavy atom. The molecule has 0 aliphatic carbocycles. The SMILES string of the molecule is COC(=O)c1ccc([C@H]2c3[nH]c4ccccc4c3C[C@H]3C(=O)N(CCCN4CCOCC4)CC(=O)N23)cc1. The Hall–Kier alpha value is -3.69. The number of rotatable bonds is 6. The van der Waals surface area contributed by atoms with Crippen LogP contribution in [0.1, 0.15) is 39.6 Å². The van der Waals surface area contributed by atoms with Gasteiger partial charge in [-0.15, -0.1) is 0 Å². The van der Waals surface area contributed by atoms with E-state index in [2.05, 4.69) is 16.0 Å². The lowest BCUT2D eigenvalue weighted by molar-refractivity contribution is -0.158. The van der Waals surface area contributed by atoms with Crippen molar-refractivity contribution in [1.82, 2.24) is 19.7 Å². The molecule has 3 aliphatic heterocycles. The first-order valence-corrected chi connectivity index (χ1v) is 13.2. The molecule has 38 heavy (non-hydrogen) atoms. The number of hydrogen-bond acceptors (Lipinski definition) is 6. The molecule has 2 aromatic carbocycles. The second-order valence-corrected chi connectivity index (χ2v) is 10.2. The molecule has 0 bridgehead atoms. The van der Waals surface area contributed by atoms with Crippen LogP contribution in [0.2, 0.25) is 0 Å². The number of hydrogen-bond donors (Lipinski definition) is 1. The third-order valence-corrected chi connectivity index (χ3v) is 8.00. The number of carbonyl (C=O) groups excluding carboxylic acids is 3. The van der Waals surface area contributed by atoms with Gasteiger partial charge >= 0.3 is 5.97 Å². The van der Waals surface area contributed by atoms with Gasteiger partial charge in [-0.1, -0.05) is 30.3 Å². The van der Waals surface area contributed by atoms with Gasteiger partial charge < -0.3 is 24.3 Å². The van der Waals surface area contributed by atoms with E-state index in [1.165, 1.54) is 7.11 Å². The van der Waals surface area contributed by atoms with Crippen LogP contribution in [-0.4, -0.2) is 96.6 Å². The molecule has 0 spiro atoms. The predicted molar refractivity (Wildman–Crippen MR) is 141 cm³/mol. The number of nitrogens with zero attached hydrogens (tertiary/aromatic N) is 3. The average molecular weight is 517 g/mol. The molecule has 9 nitrogen and oxygen atoms in total. The van der Waals surface area contributed by atoms with Crippen molar-refractivity contribution in [2.45, 2.75) is 24.9 Å². The topological polar surface area (TPSA) is 95.2 Å². The molecule has 2 amide bonds. The van der Waals surface area contributed by atoms with Crippen molar-refractivity contribution in [1.29, 1.82) is 0 Å². The Kier molecular flexibility index (Phi) is 6.63. The van der Waals surface area contributed by atoms with Gasteiger partial charge in [0.2, 0.25) is 11.8 Å². The third kappa shape index (κ3) is 4.35. The Labute approximate surface area is 221 Å². The highest BCUT2D eigenvalue weighted by molar-refractivity contribution is 5.97. The smallest absolute Gasteiger partial charge is 0.337 e. The highest BCUT2D eigenvalue weighted by Crippen LogP contribution is 2.42. The second kappa shape index (κ2) is 10.2. The van der Waals surface area contributed by atoms with E-state index in [1.54, 1.807) is 21.9 Å². The minimum Gasteiger partial charge on any atom is -0.465 e. The van der Waals surface area contributed by atoms with Crippen LogP contribution >= 0.6 is 0 Å². The normalized spacial score (nSPS) is 21.9. The van der Waals surface area contributed by atoms with E-state index in [9.17, 15) is 14.4 Å². The number of benzene rings is 2. The van der Waals surface area contributed by atoms with Gasteiger partial charge in [-0.25, -0.2) is 4.79 Å². The van der Waals surface area contributed by atoms with E-state index >= 15 is 0 Å². The van der Waals surface area contributed by atoms with Crippen molar-refractivity contribution in [2.75, 3.05) is 53.0 Å². The Morgan fingerprint density at radius 1 is 1.05 bits per heavy atom. The van der Waals surface area contributed by atoms with Crippen molar-refractivity contribution >= 4 is 28.7 Å². The molecular weight excluding hydrogens is 484 g/mol. The number of para-hydroxylation sites is 1. The lowest BCUT2D eigenvalue weighted by Gasteiger charge is -2.47. The summed E-state index contributed by atoms with van der Waals surface area (Å²) in [5.74, 6) is -0.479. The number of H-pyrrole nitrogens is 1. The summed E-state index contributed by atoms with van der Waals surface area (Å²) >= 11 is 0. The van der Waals surface area contributed by atoms with Crippen LogP contribution in [0.5, 0.6) is 0 Å². The largest absolute Gasteiger partial charge is 0.465 e. The van der Waals surface area contributed by atoms with E-state index < -0.39 is 18.1 Å². The van der Waals surface area contributed by atoms with Gasteiger partial charge in [0.05, 0.1) is 38.5 Å². The molecule has 0 saturated carbocycles. The van der Waals surface area contributed by atoms with E-state index in [0.717, 1.165) is 67.0 Å². The monoisotopic (exact) mass is 516 g/mol. The summed E-state index contributed by atoms with van der Waals surface area (Å²) in [6, 6.07) is 14.1. The van der Waals surface area contributed by atoms with Crippen LogP contribution in [0.4, 0.5) is 0 Å². The standard InChI is InChI=1S/C29H32N4O5/c1-37-29(36)20-9-7-19(8-10-20)27-26-22(21-5-2-3-6-23(21)30-26)17-24-28(35)32(18-25(34)33(24)27)12-4-11-31-13-15-38-16-14-31/h2-3,5-10,24,27,30H,4,11-18H2,1H3/t24-,27-/m0/s1. The number of piperazine rings is 1. The minimum atomic E-state index is -0.573. The number of nitrogens with one attached hydrogen (secondary N) is 1. The first-order valence-electron chi connectivity index (χ1n) is 13.2. The summed E-state index contributed by atoms with van der Waals surface area (Å²) in [5, 5.41) is 1.07. The van der Waals surface area contributed by atoms with E-state index in [0.29, 0.717) is 18.5 Å². The predicted octanol–water partition coefficient (Wildman–Crippen LogP) is 2.36. The molecule has 6 rings (SSSR count). The Bertz CT molecular complexity index is 1360. The molecule has 0 radical (unpaired) electrons. The molecule has 2 saturated heterocycles. The van der Waals surface area contributed by atoms with Crippen LogP contribution in [0.3, 0.4) is 0 Å². The third-order valence-electron chi connectivity index (χ3n) is 8.00. The Balaban J connectivity index is 1.32. The van der Waals surface area contributed by atoms with Crippen molar-refractivity contribution < 1.29 is 23.9 Å². The first-order chi connectivity index (χ1) is 18.5. The highest BCUT2D eigenvalue weighted by Gasteiger charge is 2.48. The minimum absolute atomic E-state index is 0.00121. The summed E-state index contributed by atoms with van der Waals surface area (Å²) in [5.41, 5.74) is 4.26. The number of morpholine rings is 1. The first kappa shape index (κ1) is 24.6. The maximum atomic E-state index is 13.8. The van der Waals surface area contributed by atoms with Crippen LogP contribution in [0, 0.1) is 0 Å². The zero-order chi connectivity index (χ0) is 26.2. The maximum Gasteiger partial charge on any atom is 0.337 e. The van der Waals surface area contributed by atoms with Crippen LogP contribution in [0.25, 0.3) is 10.9 Å². The van der Waals surface area contributed by atoms with Crippen LogP contribution in [0.15, 0.2) is 48.5 Å². The Morgan fingerprint density at radius 3 is 2.58 bits per heavy atom. The molecule has 3 aliphatic rings. The van der Waals surface area contributed by atoms with Crippen LogP contribution in [-0.2, 0) is 25.5 Å². The van der Waals surface area contributed by atoms with E-state index in [4.69, 9.17) is 9.47 Å². The van der Waals surface area contributed by atoms with Gasteiger partial charge in [0.25, 0.3) is 0 Å². The zero-order valence-electron chi connectivity index (χ0n) is 21.5. The molecule has 3 aromatic rings. The average Bonchev–Trinajstić information content (AvgIpc) is 3.33. The second-order valence-electron chi connectivity index (χ2n) is 10.2. The lowest BCUT2D eigenvalue weighted by Crippen LogP contribution is -2.63. The van der Waals surface area contributed by atoms with Gasteiger partial charge in [0.1, 0.15) is 6.04 Å². The summed E-state index contributed by atoms with van der Waals surface area (Å²) in [6.07, 6.45) is 1.29. The molecule has 4 heterocycles. The highest BCUT2D eigenvalue weighted by atomic mass is 16.5. The summed E-state index contributed by atoms with van der Waals surface area (Å²) in [6.45, 7) is 4.82. The van der Waals surface area contributed by atoms with Gasteiger partial charge in [0.15, 0.2) is 0 Å². The maximum absolute atomic E-state index is 13.8. The molecule has 0 unspecified atom stereocenters. The van der Waals surface area contributed by atoms with Gasteiger partial charge in [0, 0.05) is 49.2 Å². The quantitative estimate of drug-likeness (QED) is 0.506. The van der Waals surface area contributed by atoms with Crippen molar-refractivity contribution in [2.24, 2.45) is 0 Å². The number of aromatic amines is 1. The molecule has 1 aromatic heterocycles. The number of fused-ring (bicyclic) bond motifs is 4. The number of aromatic nitrogens is 1. The zero-order valence-corrected chi connectivity index (χ0v) is 21.5. The van der Waals surface area contributed by atoms with Gasteiger partial charge in [-0.05, 0) is 35.7 Å². The number of carbonyl (C=O) groups is 3. The fourth-order valence-electron chi connectivity index (χ4n) is 6.09. The number of amides is 2. The summed E-state index contributed by atoms with van der Waals surface area (Å²) in [4.78, 5) is 48.9. The van der Waals surface area contributed by atoms with Crippen LogP contribution < -0.4 is 0 Å². The molecule has 2 atom stereocenters. The van der Waals surface area contributed by atoms with Gasteiger partial charge in [-0.2, -0.15) is 0 Å². The molecule has 2 fully saturated rings. The number of esters is 1. The van der Waals surface area contributed by atoms with Gasteiger partial charge in [-0.3, -0.25) is 14.5 Å². The van der Waals surface area contributed by atoms with E-state index in [-0.39, 0.29) is 18.4 Å². The van der Waals surface area contributed by atoms with Crippen molar-refractivity contribution in [3.63, 3.8) is 0 Å². The molecule has 1 N–H and O–H groups in total. The van der Waals surface area contributed by atoms with Crippen molar-refractivity contribution in [3.05, 3.63) is 70.9 Å². The van der Waals surface area contributed by atoms with Crippen molar-refractivity contribution in [3.8, 4) is 0 Å². The lowest BCUT2D eigenvalue weighted by atomic mass is 9.86. The summed E-state index contributed by atoms with van der Waals surface area (Å²) < 4.78 is 10.3.